The first-order chi connectivity index (χ1) is 15.9. The molecule has 1 fully saturated rings. The van der Waals surface area contributed by atoms with Gasteiger partial charge in [-0.25, -0.2) is 9.79 Å². The van der Waals surface area contributed by atoms with Crippen LogP contribution < -0.4 is 4.74 Å². The molecule has 2 aromatic rings. The average molecular weight is 446 g/mol. The number of methoxy groups -OCH3 is 1. The molecule has 5 rings (SSSR count). The molecule has 3 amide bonds. The highest BCUT2D eigenvalue weighted by Gasteiger charge is 2.54. The minimum absolute atomic E-state index is 0.222. The molecular formula is C25H27N5O3. The van der Waals surface area contributed by atoms with Gasteiger partial charge in [0.2, 0.25) is 5.96 Å². The highest BCUT2D eigenvalue weighted by molar-refractivity contribution is 6.04. The Kier molecular flexibility index (Phi) is 5.08. The lowest BCUT2D eigenvalue weighted by Crippen LogP contribution is -2.63. The van der Waals surface area contributed by atoms with Gasteiger partial charge in [-0.15, -0.1) is 0 Å². The van der Waals surface area contributed by atoms with E-state index in [0.29, 0.717) is 12.5 Å². The van der Waals surface area contributed by atoms with Crippen molar-refractivity contribution < 1.29 is 14.3 Å². The van der Waals surface area contributed by atoms with Crippen LogP contribution in [0.5, 0.6) is 5.75 Å². The number of benzene rings is 2. The van der Waals surface area contributed by atoms with Gasteiger partial charge in [0.05, 0.1) is 20.2 Å². The topological polar surface area (TPSA) is 68.7 Å². The van der Waals surface area contributed by atoms with Gasteiger partial charge in [-0.05, 0) is 42.7 Å². The number of guanidine groups is 1. The highest BCUT2D eigenvalue weighted by atomic mass is 16.5. The number of allylic oxidation sites excluding steroid dienone is 1. The molecule has 3 heterocycles. The van der Waals surface area contributed by atoms with E-state index in [1.807, 2.05) is 73.5 Å². The van der Waals surface area contributed by atoms with Crippen molar-refractivity contribution >= 4 is 17.9 Å². The lowest BCUT2D eigenvalue weighted by Gasteiger charge is -2.40. The standard InChI is InChI=1S/C25H27N5O3/c1-16-7-5-6-8-19(16)15-30-23(31)21-22(27(3)25(30)32)26-24-28(17(2)13-29(21)24)14-18-9-11-20(33-4)12-10-18/h5-13,21-22H,14-15H2,1-4H3. The molecule has 2 aromatic carbocycles. The molecule has 3 aliphatic rings. The fourth-order valence-electron chi connectivity index (χ4n) is 4.61. The van der Waals surface area contributed by atoms with Gasteiger partial charge in [0.15, 0.2) is 12.2 Å². The number of ether oxygens (including phenoxy) is 1. The maximum absolute atomic E-state index is 13.6. The van der Waals surface area contributed by atoms with E-state index >= 15 is 0 Å². The number of carbonyl (C=O) groups is 2. The first kappa shape index (κ1) is 21.1. The maximum Gasteiger partial charge on any atom is 0.328 e. The zero-order chi connectivity index (χ0) is 23.3. The molecule has 2 atom stereocenters. The Hall–Kier alpha value is -3.81. The van der Waals surface area contributed by atoms with Gasteiger partial charge in [0.1, 0.15) is 5.75 Å². The van der Waals surface area contributed by atoms with Crippen LogP contribution in [0.2, 0.25) is 0 Å². The van der Waals surface area contributed by atoms with Crippen LogP contribution in [-0.2, 0) is 17.9 Å². The Morgan fingerprint density at radius 3 is 2.39 bits per heavy atom. The molecule has 0 N–H and O–H groups in total. The van der Waals surface area contributed by atoms with Crippen molar-refractivity contribution in [3.63, 3.8) is 0 Å². The average Bonchev–Trinajstić information content (AvgIpc) is 3.32. The van der Waals surface area contributed by atoms with Gasteiger partial charge in [-0.2, -0.15) is 0 Å². The van der Waals surface area contributed by atoms with Gasteiger partial charge < -0.3 is 19.4 Å². The molecule has 0 radical (unpaired) electrons. The van der Waals surface area contributed by atoms with Crippen molar-refractivity contribution in [2.75, 3.05) is 14.2 Å². The number of aliphatic imine (C=N–C) groups is 1. The van der Waals surface area contributed by atoms with Crippen LogP contribution in [0.1, 0.15) is 23.6 Å². The van der Waals surface area contributed by atoms with E-state index in [1.165, 1.54) is 4.90 Å². The van der Waals surface area contributed by atoms with Gasteiger partial charge in [-0.3, -0.25) is 9.69 Å². The summed E-state index contributed by atoms with van der Waals surface area (Å²) in [5, 5.41) is 0. The number of carbonyl (C=O) groups excluding carboxylic acids is 2. The molecule has 0 aromatic heterocycles. The third-order valence-corrected chi connectivity index (χ3v) is 6.59. The Morgan fingerprint density at radius 1 is 0.970 bits per heavy atom. The monoisotopic (exact) mass is 445 g/mol. The van der Waals surface area contributed by atoms with Crippen molar-refractivity contribution in [2.45, 2.75) is 39.1 Å². The molecule has 170 valence electrons. The van der Waals surface area contributed by atoms with Crippen LogP contribution in [0, 0.1) is 6.92 Å². The van der Waals surface area contributed by atoms with Crippen molar-refractivity contribution in [2.24, 2.45) is 4.99 Å². The van der Waals surface area contributed by atoms with E-state index < -0.39 is 12.2 Å². The van der Waals surface area contributed by atoms with Crippen molar-refractivity contribution in [3.8, 4) is 5.75 Å². The third kappa shape index (κ3) is 3.42. The number of hydrogen-bond acceptors (Lipinski definition) is 6. The number of urea groups is 1. The predicted molar refractivity (Wildman–Crippen MR) is 124 cm³/mol. The molecule has 0 aliphatic carbocycles. The van der Waals surface area contributed by atoms with Crippen LogP contribution in [0.3, 0.4) is 0 Å². The fraction of sp³-hybridized carbons (Fsp3) is 0.320. The second-order valence-electron chi connectivity index (χ2n) is 8.64. The first-order valence-corrected chi connectivity index (χ1v) is 11.0. The van der Waals surface area contributed by atoms with E-state index in [4.69, 9.17) is 9.73 Å². The van der Waals surface area contributed by atoms with Gasteiger partial charge >= 0.3 is 6.03 Å². The number of hydrogen-bond donors (Lipinski definition) is 0. The Bertz CT molecular complexity index is 1170. The number of nitrogens with zero attached hydrogens (tertiary/aromatic N) is 5. The fourth-order valence-corrected chi connectivity index (χ4v) is 4.61. The van der Waals surface area contributed by atoms with E-state index in [0.717, 1.165) is 28.1 Å². The molecule has 0 spiro atoms. The van der Waals surface area contributed by atoms with Gasteiger partial charge in [0, 0.05) is 18.9 Å². The second-order valence-corrected chi connectivity index (χ2v) is 8.64. The molecular weight excluding hydrogens is 418 g/mol. The van der Waals surface area contributed by atoms with Crippen LogP contribution in [0.4, 0.5) is 4.79 Å². The summed E-state index contributed by atoms with van der Waals surface area (Å²) in [6.45, 7) is 4.85. The molecule has 3 aliphatic heterocycles. The predicted octanol–water partition coefficient (Wildman–Crippen LogP) is 3.14. The molecule has 8 heteroatoms. The van der Waals surface area contributed by atoms with Gasteiger partial charge in [-0.1, -0.05) is 36.4 Å². The Balaban J connectivity index is 1.41. The highest BCUT2D eigenvalue weighted by Crippen LogP contribution is 2.35. The SMILES string of the molecule is COc1ccc(CN2C(C)=CN3C2=NC2C3C(=O)N(Cc3ccccc3C)C(=O)N2C)cc1. The molecule has 0 bridgehead atoms. The van der Waals surface area contributed by atoms with Crippen molar-refractivity contribution in [3.05, 3.63) is 77.1 Å². The quantitative estimate of drug-likeness (QED) is 0.707. The normalized spacial score (nSPS) is 21.8. The molecule has 0 saturated carbocycles. The van der Waals surface area contributed by atoms with Crippen LogP contribution in [-0.4, -0.2) is 63.9 Å². The van der Waals surface area contributed by atoms with E-state index in [9.17, 15) is 9.59 Å². The number of amides is 3. The van der Waals surface area contributed by atoms with Crippen molar-refractivity contribution in [1.82, 2.24) is 19.6 Å². The summed E-state index contributed by atoms with van der Waals surface area (Å²) in [5.41, 5.74) is 4.11. The number of imide groups is 1. The summed E-state index contributed by atoms with van der Waals surface area (Å²) in [4.78, 5) is 38.4. The van der Waals surface area contributed by atoms with Crippen LogP contribution >= 0.6 is 0 Å². The minimum atomic E-state index is -0.567. The smallest absolute Gasteiger partial charge is 0.328 e. The zero-order valence-electron chi connectivity index (χ0n) is 19.2. The summed E-state index contributed by atoms with van der Waals surface area (Å²) in [5.74, 6) is 1.28. The molecule has 1 saturated heterocycles. The Morgan fingerprint density at radius 2 is 1.70 bits per heavy atom. The molecule has 8 nitrogen and oxygen atoms in total. The summed E-state index contributed by atoms with van der Waals surface area (Å²) >= 11 is 0. The number of fused-ring (bicyclic) bond motifs is 3. The van der Waals surface area contributed by atoms with Crippen LogP contribution in [0.25, 0.3) is 0 Å². The largest absolute Gasteiger partial charge is 0.497 e. The van der Waals surface area contributed by atoms with Crippen LogP contribution in [0.15, 0.2) is 65.4 Å². The zero-order valence-corrected chi connectivity index (χ0v) is 19.2. The van der Waals surface area contributed by atoms with Gasteiger partial charge in [0.25, 0.3) is 5.91 Å². The second kappa shape index (κ2) is 7.95. The summed E-state index contributed by atoms with van der Waals surface area (Å²) < 4.78 is 5.25. The summed E-state index contributed by atoms with van der Waals surface area (Å²) in [6.07, 6.45) is 1.41. The van der Waals surface area contributed by atoms with E-state index in [1.54, 1.807) is 19.1 Å². The molecule has 33 heavy (non-hydrogen) atoms. The maximum atomic E-state index is 13.6. The van der Waals surface area contributed by atoms with E-state index in [2.05, 4.69) is 4.90 Å². The van der Waals surface area contributed by atoms with E-state index in [-0.39, 0.29) is 18.5 Å². The summed E-state index contributed by atoms with van der Waals surface area (Å²) in [6, 6.07) is 14.8. The number of rotatable bonds is 5. The first-order valence-electron chi connectivity index (χ1n) is 11.0. The molecule has 2 unspecified atom stereocenters. The third-order valence-electron chi connectivity index (χ3n) is 6.59. The van der Waals surface area contributed by atoms with Crippen molar-refractivity contribution in [1.29, 1.82) is 0 Å². The summed E-state index contributed by atoms with van der Waals surface area (Å²) in [7, 11) is 3.36. The lowest BCUT2D eigenvalue weighted by atomic mass is 10.1. The minimum Gasteiger partial charge on any atom is -0.497 e. The lowest BCUT2D eigenvalue weighted by molar-refractivity contribution is -0.137. The number of aryl methyl sites for hydroxylation is 1. The Labute approximate surface area is 193 Å². The number of likely N-dealkylation sites (N-methyl/N-ethyl adjacent to an activating group) is 1.